The number of hydrogen-bond acceptors (Lipinski definition) is 4. The van der Waals surface area contributed by atoms with E-state index < -0.39 is 0 Å². The minimum atomic E-state index is -0.178. The fourth-order valence-corrected chi connectivity index (χ4v) is 2.80. The second-order valence-electron chi connectivity index (χ2n) is 6.96. The van der Waals surface area contributed by atoms with Crippen molar-refractivity contribution in [3.63, 3.8) is 0 Å². The maximum Gasteiger partial charge on any atom is 0.311 e. The van der Waals surface area contributed by atoms with Crippen molar-refractivity contribution in [1.29, 1.82) is 0 Å². The largest absolute Gasteiger partial charge is 0.478 e. The second-order valence-corrected chi connectivity index (χ2v) is 6.96. The first kappa shape index (κ1) is 20.9. The number of rotatable bonds is 11. The quantitative estimate of drug-likeness (QED) is 0.275. The van der Waals surface area contributed by atoms with Crippen molar-refractivity contribution in [2.75, 3.05) is 6.61 Å². The topological polar surface area (TPSA) is 48.4 Å². The molecular weight excluding hydrogens is 338 g/mol. The maximum absolute atomic E-state index is 12.3. The third kappa shape index (κ3) is 7.05. The third-order valence-electron chi connectivity index (χ3n) is 4.64. The van der Waals surface area contributed by atoms with Crippen molar-refractivity contribution >= 4 is 5.97 Å². The number of ether oxygens (including phenoxy) is 2. The van der Waals surface area contributed by atoms with Gasteiger partial charge < -0.3 is 9.47 Å². The van der Waals surface area contributed by atoms with E-state index in [0.29, 0.717) is 24.7 Å². The van der Waals surface area contributed by atoms with Gasteiger partial charge in [0.1, 0.15) is 5.75 Å². The minimum absolute atomic E-state index is 0.178. The minimum Gasteiger partial charge on any atom is -0.478 e. The van der Waals surface area contributed by atoms with Crippen LogP contribution in [0, 0.1) is 5.92 Å². The van der Waals surface area contributed by atoms with E-state index in [-0.39, 0.29) is 5.97 Å². The van der Waals surface area contributed by atoms with Crippen LogP contribution in [0.2, 0.25) is 0 Å². The summed E-state index contributed by atoms with van der Waals surface area (Å²) in [7, 11) is 0. The summed E-state index contributed by atoms with van der Waals surface area (Å²) in [5.74, 6) is 1.71. The lowest BCUT2D eigenvalue weighted by atomic mass is 10.0. The summed E-state index contributed by atoms with van der Waals surface area (Å²) >= 11 is 0. The van der Waals surface area contributed by atoms with Crippen LogP contribution in [0.4, 0.5) is 0 Å². The van der Waals surface area contributed by atoms with Crippen LogP contribution in [-0.4, -0.2) is 17.6 Å². The molecule has 4 heteroatoms. The number of unbranched alkanes of at least 4 members (excludes halogenated alkanes) is 1. The molecular formula is C23H31NO3. The van der Waals surface area contributed by atoms with Crippen LogP contribution in [0.1, 0.15) is 59.3 Å². The van der Waals surface area contributed by atoms with E-state index in [4.69, 9.17) is 9.47 Å². The third-order valence-corrected chi connectivity index (χ3v) is 4.64. The molecule has 1 aromatic carbocycles. The summed E-state index contributed by atoms with van der Waals surface area (Å²) in [6.45, 7) is 7.14. The molecule has 1 atom stereocenters. The first-order valence-electron chi connectivity index (χ1n) is 10.0. The molecule has 0 N–H and O–H groups in total. The molecule has 1 heterocycles. The van der Waals surface area contributed by atoms with Gasteiger partial charge in [-0.1, -0.05) is 58.2 Å². The van der Waals surface area contributed by atoms with Crippen LogP contribution in [0.15, 0.2) is 42.6 Å². The fraction of sp³-hybridized carbons (Fsp3) is 0.478. The molecule has 0 saturated carbocycles. The lowest BCUT2D eigenvalue weighted by Gasteiger charge is -2.12. The Balaban J connectivity index is 2.00. The van der Waals surface area contributed by atoms with E-state index in [1.165, 1.54) is 6.42 Å². The Kier molecular flexibility index (Phi) is 8.82. The van der Waals surface area contributed by atoms with Crippen LogP contribution in [0.3, 0.4) is 0 Å². The number of benzene rings is 1. The van der Waals surface area contributed by atoms with E-state index in [0.717, 1.165) is 42.7 Å². The molecule has 1 unspecified atom stereocenters. The number of carbonyl (C=O) groups is 1. The molecule has 0 aliphatic rings. The first-order chi connectivity index (χ1) is 13.1. The molecule has 1 aromatic heterocycles. The zero-order valence-corrected chi connectivity index (χ0v) is 16.7. The number of carbonyl (C=O) groups excluding carboxylic acids is 1. The van der Waals surface area contributed by atoms with Gasteiger partial charge in [0.05, 0.1) is 6.61 Å². The Morgan fingerprint density at radius 1 is 1.15 bits per heavy atom. The zero-order valence-electron chi connectivity index (χ0n) is 16.7. The van der Waals surface area contributed by atoms with E-state index in [1.54, 1.807) is 6.20 Å². The number of nitrogens with zero attached hydrogens (tertiary/aromatic N) is 1. The summed E-state index contributed by atoms with van der Waals surface area (Å²) in [4.78, 5) is 16.5. The van der Waals surface area contributed by atoms with E-state index >= 15 is 0 Å². The highest BCUT2D eigenvalue weighted by atomic mass is 16.5. The van der Waals surface area contributed by atoms with Gasteiger partial charge in [-0.2, -0.15) is 0 Å². The Hall–Kier alpha value is -2.36. The molecule has 2 aromatic rings. The van der Waals surface area contributed by atoms with Crippen LogP contribution in [-0.2, 0) is 4.79 Å². The Labute approximate surface area is 162 Å². The van der Waals surface area contributed by atoms with Crippen LogP contribution in [0.5, 0.6) is 11.6 Å². The number of pyridine rings is 1. The van der Waals surface area contributed by atoms with E-state index in [9.17, 15) is 4.79 Å². The average molecular weight is 370 g/mol. The molecule has 146 valence electrons. The van der Waals surface area contributed by atoms with Crippen molar-refractivity contribution in [2.24, 2.45) is 5.92 Å². The predicted molar refractivity (Wildman–Crippen MR) is 109 cm³/mol. The molecule has 0 amide bonds. The highest BCUT2D eigenvalue weighted by Crippen LogP contribution is 2.31. The van der Waals surface area contributed by atoms with Gasteiger partial charge in [-0.3, -0.25) is 4.79 Å². The van der Waals surface area contributed by atoms with Crippen molar-refractivity contribution in [3.05, 3.63) is 42.6 Å². The van der Waals surface area contributed by atoms with Gasteiger partial charge in [0.15, 0.2) is 0 Å². The van der Waals surface area contributed by atoms with Gasteiger partial charge in [-0.15, -0.1) is 0 Å². The summed E-state index contributed by atoms with van der Waals surface area (Å²) < 4.78 is 11.3. The first-order valence-corrected chi connectivity index (χ1v) is 10.0. The molecule has 0 radical (unpaired) electrons. The van der Waals surface area contributed by atoms with E-state index in [2.05, 4.69) is 25.8 Å². The second kappa shape index (κ2) is 11.4. The zero-order chi connectivity index (χ0) is 19.5. The Morgan fingerprint density at radius 3 is 2.74 bits per heavy atom. The standard InChI is InChI=1S/C23H31NO3/c1-4-16-26-22-17-19(14-15-24-22)20-11-7-8-12-21(20)27-23(25)13-9-6-10-18(3)5-2/h7-8,11-12,14-15,17-18H,4-6,9-10,13,16H2,1-3H3. The Bertz CT molecular complexity index is 714. The number of para-hydroxylation sites is 1. The van der Waals surface area contributed by atoms with Crippen LogP contribution >= 0.6 is 0 Å². The van der Waals surface area contributed by atoms with Crippen molar-refractivity contribution in [2.45, 2.75) is 59.3 Å². The average Bonchev–Trinajstić information content (AvgIpc) is 2.70. The molecule has 0 fully saturated rings. The summed E-state index contributed by atoms with van der Waals surface area (Å²) in [5, 5.41) is 0. The molecule has 0 bridgehead atoms. The van der Waals surface area contributed by atoms with Gasteiger partial charge in [-0.25, -0.2) is 4.98 Å². The molecule has 4 nitrogen and oxygen atoms in total. The van der Waals surface area contributed by atoms with Crippen molar-refractivity contribution < 1.29 is 14.3 Å². The van der Waals surface area contributed by atoms with Gasteiger partial charge >= 0.3 is 5.97 Å². The van der Waals surface area contributed by atoms with Gasteiger partial charge in [0, 0.05) is 24.2 Å². The van der Waals surface area contributed by atoms with Gasteiger partial charge in [0.25, 0.3) is 0 Å². The molecule has 2 rings (SSSR count). The van der Waals surface area contributed by atoms with Gasteiger partial charge in [-0.05, 0) is 36.5 Å². The lowest BCUT2D eigenvalue weighted by Crippen LogP contribution is -2.08. The van der Waals surface area contributed by atoms with Crippen LogP contribution in [0.25, 0.3) is 11.1 Å². The summed E-state index contributed by atoms with van der Waals surface area (Å²) in [6.07, 6.45) is 7.38. The normalized spacial score (nSPS) is 11.8. The molecule has 0 aliphatic heterocycles. The van der Waals surface area contributed by atoms with Crippen molar-refractivity contribution in [3.8, 4) is 22.8 Å². The predicted octanol–water partition coefficient (Wildman–Crippen LogP) is 6.05. The fourth-order valence-electron chi connectivity index (χ4n) is 2.80. The highest BCUT2D eigenvalue weighted by molar-refractivity contribution is 5.78. The highest BCUT2D eigenvalue weighted by Gasteiger charge is 2.12. The summed E-state index contributed by atoms with van der Waals surface area (Å²) in [6, 6.07) is 11.4. The maximum atomic E-state index is 12.3. The lowest BCUT2D eigenvalue weighted by molar-refractivity contribution is -0.134. The number of aromatic nitrogens is 1. The monoisotopic (exact) mass is 369 g/mol. The van der Waals surface area contributed by atoms with Crippen LogP contribution < -0.4 is 9.47 Å². The number of esters is 1. The SMILES string of the molecule is CCCOc1cc(-c2ccccc2OC(=O)CCCCC(C)CC)ccn1. The van der Waals surface area contributed by atoms with Gasteiger partial charge in [0.2, 0.25) is 5.88 Å². The smallest absolute Gasteiger partial charge is 0.311 e. The molecule has 0 spiro atoms. The molecule has 27 heavy (non-hydrogen) atoms. The molecule has 0 aliphatic carbocycles. The molecule has 0 saturated heterocycles. The number of hydrogen-bond donors (Lipinski definition) is 0. The van der Waals surface area contributed by atoms with Crippen molar-refractivity contribution in [1.82, 2.24) is 4.98 Å². The Morgan fingerprint density at radius 2 is 1.96 bits per heavy atom. The van der Waals surface area contributed by atoms with E-state index in [1.807, 2.05) is 36.4 Å². The summed E-state index contributed by atoms with van der Waals surface area (Å²) in [5.41, 5.74) is 1.80.